The number of thioether (sulfide) groups is 1. The highest BCUT2D eigenvalue weighted by molar-refractivity contribution is 7.98. The zero-order valence-corrected chi connectivity index (χ0v) is 20.0. The number of rotatable bonds is 6. The van der Waals surface area contributed by atoms with Gasteiger partial charge in [0.05, 0.1) is 24.4 Å². The lowest BCUT2D eigenvalue weighted by atomic mass is 9.97. The Morgan fingerprint density at radius 3 is 2.42 bits per heavy atom. The first-order valence-electron chi connectivity index (χ1n) is 10.1. The van der Waals surface area contributed by atoms with Gasteiger partial charge < -0.3 is 9.64 Å². The van der Waals surface area contributed by atoms with Gasteiger partial charge in [0.25, 0.3) is 5.91 Å². The quantitative estimate of drug-likeness (QED) is 0.283. The van der Waals surface area contributed by atoms with Crippen LogP contribution in [0.15, 0.2) is 41.8 Å². The summed E-state index contributed by atoms with van der Waals surface area (Å²) in [5.74, 6) is -0.345. The molecule has 12 heteroatoms. The highest BCUT2D eigenvalue weighted by Gasteiger charge is 2.31. The Labute approximate surface area is 204 Å². The third kappa shape index (κ3) is 5.45. The van der Waals surface area contributed by atoms with Crippen molar-refractivity contribution in [3.8, 4) is 5.69 Å². The normalized spacial score (nSPS) is 14.3. The third-order valence-electron chi connectivity index (χ3n) is 5.25. The monoisotopic (exact) mass is 506 g/mol. The van der Waals surface area contributed by atoms with Crippen LogP contribution in [0.5, 0.6) is 0 Å². The molecule has 0 aliphatic carbocycles. The van der Waals surface area contributed by atoms with Crippen LogP contribution in [0.2, 0.25) is 10.0 Å². The number of esters is 1. The van der Waals surface area contributed by atoms with E-state index in [1.54, 1.807) is 46.2 Å². The van der Waals surface area contributed by atoms with E-state index in [0.717, 1.165) is 0 Å². The Balaban J connectivity index is 1.62. The van der Waals surface area contributed by atoms with Gasteiger partial charge in [0.1, 0.15) is 0 Å². The van der Waals surface area contributed by atoms with Crippen LogP contribution in [0.25, 0.3) is 5.69 Å². The van der Waals surface area contributed by atoms with Gasteiger partial charge in [-0.25, -0.2) is 14.6 Å². The van der Waals surface area contributed by atoms with Crippen LogP contribution in [0.4, 0.5) is 0 Å². The molecule has 1 aliphatic rings. The first-order valence-corrected chi connectivity index (χ1v) is 11.9. The lowest BCUT2D eigenvalue weighted by Crippen LogP contribution is -2.41. The minimum absolute atomic E-state index is 0.200. The SMILES string of the molecule is COC(=O)C1CCN(C(=O)c2nnn(-c3cc(Cl)cc(Cl)c3)c2CSc2ncccn2)CC1. The van der Waals surface area contributed by atoms with Crippen molar-refractivity contribution in [1.29, 1.82) is 0 Å². The number of carbonyl (C=O) groups is 2. The maximum atomic E-state index is 13.4. The smallest absolute Gasteiger partial charge is 0.308 e. The molecule has 1 aliphatic heterocycles. The van der Waals surface area contributed by atoms with E-state index in [0.29, 0.717) is 58.3 Å². The summed E-state index contributed by atoms with van der Waals surface area (Å²) in [7, 11) is 1.38. The van der Waals surface area contributed by atoms with Gasteiger partial charge in [0.2, 0.25) is 0 Å². The number of nitrogens with zero attached hydrogens (tertiary/aromatic N) is 6. The van der Waals surface area contributed by atoms with Gasteiger partial charge in [-0.05, 0) is 37.1 Å². The highest BCUT2D eigenvalue weighted by Crippen LogP contribution is 2.28. The first kappa shape index (κ1) is 23.5. The van der Waals surface area contributed by atoms with Crippen LogP contribution in [0.3, 0.4) is 0 Å². The van der Waals surface area contributed by atoms with Crippen LogP contribution >= 0.6 is 35.0 Å². The molecule has 0 bridgehead atoms. The van der Waals surface area contributed by atoms with Gasteiger partial charge in [-0.1, -0.05) is 40.2 Å². The molecule has 0 unspecified atom stereocenters. The molecular formula is C21H20Cl2N6O3S. The van der Waals surface area contributed by atoms with E-state index in [-0.39, 0.29) is 23.5 Å². The summed E-state index contributed by atoms with van der Waals surface area (Å²) in [6, 6.07) is 6.75. The summed E-state index contributed by atoms with van der Waals surface area (Å²) in [6.45, 7) is 0.867. The second kappa shape index (κ2) is 10.5. The van der Waals surface area contributed by atoms with Gasteiger partial charge in [0, 0.05) is 41.3 Å². The predicted octanol–water partition coefficient (Wildman–Crippen LogP) is 3.68. The van der Waals surface area contributed by atoms with Crippen LogP contribution < -0.4 is 0 Å². The molecule has 3 heterocycles. The summed E-state index contributed by atoms with van der Waals surface area (Å²) in [5, 5.41) is 9.87. The van der Waals surface area contributed by atoms with E-state index < -0.39 is 0 Å². The number of piperidine rings is 1. The van der Waals surface area contributed by atoms with Gasteiger partial charge in [0.15, 0.2) is 10.9 Å². The molecule has 1 aromatic carbocycles. The molecular weight excluding hydrogens is 487 g/mol. The van der Waals surface area contributed by atoms with E-state index in [1.807, 2.05) is 0 Å². The molecule has 2 aromatic heterocycles. The van der Waals surface area contributed by atoms with Crippen molar-refractivity contribution in [1.82, 2.24) is 29.9 Å². The van der Waals surface area contributed by atoms with Gasteiger partial charge in [-0.15, -0.1) is 5.10 Å². The Kier molecular flexibility index (Phi) is 7.46. The zero-order chi connectivity index (χ0) is 23.4. The minimum atomic E-state index is -0.248. The van der Waals surface area contributed by atoms with Crippen LogP contribution in [-0.2, 0) is 15.3 Å². The second-order valence-corrected chi connectivity index (χ2v) is 9.15. The van der Waals surface area contributed by atoms with Crippen molar-refractivity contribution in [3.63, 3.8) is 0 Å². The summed E-state index contributed by atoms with van der Waals surface area (Å²) in [6.07, 6.45) is 4.38. The Bertz CT molecular complexity index is 1130. The molecule has 0 N–H and O–H groups in total. The Hall–Kier alpha value is -2.69. The largest absolute Gasteiger partial charge is 0.469 e. The van der Waals surface area contributed by atoms with Gasteiger partial charge in [-0.3, -0.25) is 9.59 Å². The number of likely N-dealkylation sites (tertiary alicyclic amines) is 1. The van der Waals surface area contributed by atoms with E-state index in [4.69, 9.17) is 27.9 Å². The predicted molar refractivity (Wildman–Crippen MR) is 124 cm³/mol. The number of benzene rings is 1. The average Bonchev–Trinajstić information content (AvgIpc) is 3.26. The van der Waals surface area contributed by atoms with Crippen molar-refractivity contribution >= 4 is 46.8 Å². The van der Waals surface area contributed by atoms with Crippen molar-refractivity contribution < 1.29 is 14.3 Å². The number of ether oxygens (including phenoxy) is 1. The van der Waals surface area contributed by atoms with Gasteiger partial charge in [-0.2, -0.15) is 0 Å². The van der Waals surface area contributed by atoms with Crippen LogP contribution in [0.1, 0.15) is 29.0 Å². The average molecular weight is 507 g/mol. The Morgan fingerprint density at radius 2 is 1.79 bits per heavy atom. The van der Waals surface area contributed by atoms with E-state index in [9.17, 15) is 9.59 Å². The second-order valence-electron chi connectivity index (χ2n) is 7.33. The molecule has 0 atom stereocenters. The number of amides is 1. The maximum absolute atomic E-state index is 13.4. The van der Waals surface area contributed by atoms with Crippen molar-refractivity contribution in [3.05, 3.63) is 58.1 Å². The number of carbonyl (C=O) groups excluding carboxylic acids is 2. The summed E-state index contributed by atoms with van der Waals surface area (Å²) < 4.78 is 6.39. The van der Waals surface area contributed by atoms with E-state index in [1.165, 1.54) is 18.9 Å². The van der Waals surface area contributed by atoms with E-state index in [2.05, 4.69) is 20.3 Å². The summed E-state index contributed by atoms with van der Waals surface area (Å²) >= 11 is 13.7. The number of hydrogen-bond acceptors (Lipinski definition) is 8. The number of methoxy groups -OCH3 is 1. The van der Waals surface area contributed by atoms with Crippen molar-refractivity contribution in [2.45, 2.75) is 23.8 Å². The molecule has 4 rings (SSSR count). The number of aromatic nitrogens is 5. The zero-order valence-electron chi connectivity index (χ0n) is 17.6. The topological polar surface area (TPSA) is 103 Å². The highest BCUT2D eigenvalue weighted by atomic mass is 35.5. The number of hydrogen-bond donors (Lipinski definition) is 0. The van der Waals surface area contributed by atoms with Gasteiger partial charge >= 0.3 is 5.97 Å². The van der Waals surface area contributed by atoms with Crippen LogP contribution in [0, 0.1) is 5.92 Å². The molecule has 0 spiro atoms. The molecule has 1 amide bonds. The molecule has 0 saturated carbocycles. The molecule has 33 heavy (non-hydrogen) atoms. The lowest BCUT2D eigenvalue weighted by Gasteiger charge is -2.30. The van der Waals surface area contributed by atoms with E-state index >= 15 is 0 Å². The van der Waals surface area contributed by atoms with Crippen molar-refractivity contribution in [2.75, 3.05) is 20.2 Å². The lowest BCUT2D eigenvalue weighted by molar-refractivity contribution is -0.146. The molecule has 1 saturated heterocycles. The summed E-state index contributed by atoms with van der Waals surface area (Å²) in [5.41, 5.74) is 1.39. The molecule has 1 fully saturated rings. The first-order chi connectivity index (χ1) is 16.0. The molecule has 3 aromatic rings. The fourth-order valence-corrected chi connectivity index (χ4v) is 4.90. The standard InChI is InChI=1S/C21H20Cl2N6O3S/c1-32-20(31)13-3-7-28(8-4-13)19(30)18-17(12-33-21-24-5-2-6-25-21)29(27-26-18)16-10-14(22)9-15(23)11-16/h2,5-6,9-11,13H,3-4,7-8,12H2,1H3. The fourth-order valence-electron chi connectivity index (χ4n) is 3.59. The Morgan fingerprint density at radius 1 is 1.12 bits per heavy atom. The summed E-state index contributed by atoms with van der Waals surface area (Å²) in [4.78, 5) is 35.3. The maximum Gasteiger partial charge on any atom is 0.308 e. The fraction of sp³-hybridized carbons (Fsp3) is 0.333. The van der Waals surface area contributed by atoms with Crippen LogP contribution in [-0.4, -0.2) is 61.9 Å². The molecule has 0 radical (unpaired) electrons. The van der Waals surface area contributed by atoms with Crippen molar-refractivity contribution in [2.24, 2.45) is 5.92 Å². The molecule has 9 nitrogen and oxygen atoms in total. The minimum Gasteiger partial charge on any atom is -0.469 e. The number of halogens is 2. The third-order valence-corrected chi connectivity index (χ3v) is 6.58. The molecule has 172 valence electrons.